The van der Waals surface area contributed by atoms with Gasteiger partial charge >= 0.3 is 5.97 Å². The van der Waals surface area contributed by atoms with Crippen molar-refractivity contribution in [2.24, 2.45) is 0 Å². The highest BCUT2D eigenvalue weighted by Gasteiger charge is 2.06. The largest absolute Gasteiger partial charge is 0.478 e. The number of aromatic carboxylic acids is 1. The van der Waals surface area contributed by atoms with Crippen LogP contribution in [-0.2, 0) is 6.80 Å². The summed E-state index contributed by atoms with van der Waals surface area (Å²) >= 11 is 0. The third kappa shape index (κ3) is 1.22. The molecule has 4 nitrogen and oxygen atoms in total. The number of rotatable bonds is 2. The van der Waals surface area contributed by atoms with Crippen LogP contribution in [0.1, 0.15) is 10.4 Å². The Balaban J connectivity index is 2.63. The van der Waals surface area contributed by atoms with Gasteiger partial charge in [-0.05, 0) is 18.2 Å². The van der Waals surface area contributed by atoms with Crippen molar-refractivity contribution < 1.29 is 14.3 Å². The van der Waals surface area contributed by atoms with Gasteiger partial charge in [-0.3, -0.25) is 0 Å². The first-order valence-electron chi connectivity index (χ1n) is 3.96. The van der Waals surface area contributed by atoms with Gasteiger partial charge in [0.15, 0.2) is 6.80 Å². The summed E-state index contributed by atoms with van der Waals surface area (Å²) in [5, 5.41) is 8.70. The molecule has 0 atom stereocenters. The Labute approximate surface area is 78.6 Å². The minimum absolute atomic E-state index is 0.154. The Morgan fingerprint density at radius 1 is 1.57 bits per heavy atom. The van der Waals surface area contributed by atoms with E-state index in [1.807, 2.05) is 0 Å². The number of benzene rings is 1. The number of fused-ring (bicyclic) bond motifs is 1. The standard InChI is InChI=1S/C9H7FN2O2/c10-4-12-5-11-7-3-6(9(13)14)1-2-8(7)12/h1-3,5H,4H2,(H,13,14). The molecule has 0 unspecified atom stereocenters. The van der Waals surface area contributed by atoms with Gasteiger partial charge in [0, 0.05) is 0 Å². The average molecular weight is 194 g/mol. The lowest BCUT2D eigenvalue weighted by Gasteiger charge is -1.97. The maximum absolute atomic E-state index is 12.4. The zero-order chi connectivity index (χ0) is 10.1. The normalized spacial score (nSPS) is 10.6. The van der Waals surface area contributed by atoms with Crippen molar-refractivity contribution in [1.29, 1.82) is 0 Å². The van der Waals surface area contributed by atoms with Crippen molar-refractivity contribution in [2.75, 3.05) is 0 Å². The van der Waals surface area contributed by atoms with Crippen molar-refractivity contribution in [3.8, 4) is 0 Å². The highest BCUT2D eigenvalue weighted by Crippen LogP contribution is 2.14. The molecule has 5 heteroatoms. The Hall–Kier alpha value is -1.91. The van der Waals surface area contributed by atoms with Crippen molar-refractivity contribution in [1.82, 2.24) is 9.55 Å². The van der Waals surface area contributed by atoms with E-state index in [0.717, 1.165) is 0 Å². The van der Waals surface area contributed by atoms with Gasteiger partial charge < -0.3 is 9.67 Å². The molecule has 0 fully saturated rings. The highest BCUT2D eigenvalue weighted by molar-refractivity contribution is 5.92. The first-order valence-corrected chi connectivity index (χ1v) is 3.96. The molecule has 2 rings (SSSR count). The van der Waals surface area contributed by atoms with Crippen LogP contribution in [-0.4, -0.2) is 20.6 Å². The topological polar surface area (TPSA) is 55.1 Å². The molecule has 0 bridgehead atoms. The Bertz CT molecular complexity index is 493. The van der Waals surface area contributed by atoms with Crippen LogP contribution in [0.25, 0.3) is 11.0 Å². The number of hydrogen-bond donors (Lipinski definition) is 1. The Morgan fingerprint density at radius 2 is 2.36 bits per heavy atom. The van der Waals surface area contributed by atoms with Crippen LogP contribution in [0.3, 0.4) is 0 Å². The molecule has 14 heavy (non-hydrogen) atoms. The van der Waals surface area contributed by atoms with Crippen molar-refractivity contribution >= 4 is 17.0 Å². The van der Waals surface area contributed by atoms with Crippen molar-refractivity contribution in [2.45, 2.75) is 6.80 Å². The van der Waals surface area contributed by atoms with Gasteiger partial charge in [0.1, 0.15) is 0 Å². The third-order valence-electron chi connectivity index (χ3n) is 2.00. The summed E-state index contributed by atoms with van der Waals surface area (Å²) in [7, 11) is 0. The molecular weight excluding hydrogens is 187 g/mol. The summed E-state index contributed by atoms with van der Waals surface area (Å²) < 4.78 is 13.7. The van der Waals surface area contributed by atoms with Gasteiger partial charge in [-0.25, -0.2) is 14.2 Å². The molecule has 0 aliphatic carbocycles. The summed E-state index contributed by atoms with van der Waals surface area (Å²) in [6, 6.07) is 4.40. The van der Waals surface area contributed by atoms with Crippen LogP contribution in [0.5, 0.6) is 0 Å². The number of halogens is 1. The van der Waals surface area contributed by atoms with Crippen LogP contribution in [0.2, 0.25) is 0 Å². The smallest absolute Gasteiger partial charge is 0.335 e. The van der Waals surface area contributed by atoms with Gasteiger partial charge in [0.05, 0.1) is 22.9 Å². The molecule has 2 aromatic rings. The predicted molar refractivity (Wildman–Crippen MR) is 47.8 cm³/mol. The van der Waals surface area contributed by atoms with Crippen LogP contribution >= 0.6 is 0 Å². The summed E-state index contributed by atoms with van der Waals surface area (Å²) in [4.78, 5) is 14.5. The highest BCUT2D eigenvalue weighted by atomic mass is 19.1. The van der Waals surface area contributed by atoms with Gasteiger partial charge in [-0.15, -0.1) is 0 Å². The lowest BCUT2D eigenvalue weighted by molar-refractivity contribution is 0.0697. The number of imidazole rings is 1. The second kappa shape index (κ2) is 3.10. The molecule has 0 radical (unpaired) electrons. The molecule has 0 saturated heterocycles. The fraction of sp³-hybridized carbons (Fsp3) is 0.111. The maximum atomic E-state index is 12.4. The summed E-state index contributed by atoms with van der Waals surface area (Å²) in [6.45, 7) is -0.664. The van der Waals surface area contributed by atoms with Crippen LogP contribution in [0, 0.1) is 0 Å². The quantitative estimate of drug-likeness (QED) is 0.790. The summed E-state index contributed by atoms with van der Waals surface area (Å²) in [6.07, 6.45) is 1.34. The molecule has 72 valence electrons. The van der Waals surface area contributed by atoms with Gasteiger partial charge in [0.2, 0.25) is 0 Å². The maximum Gasteiger partial charge on any atom is 0.335 e. The zero-order valence-corrected chi connectivity index (χ0v) is 7.14. The second-order valence-corrected chi connectivity index (χ2v) is 2.84. The number of alkyl halides is 1. The monoisotopic (exact) mass is 194 g/mol. The van der Waals surface area contributed by atoms with Gasteiger partial charge in [0.25, 0.3) is 0 Å². The van der Waals surface area contributed by atoms with E-state index >= 15 is 0 Å². The molecule has 0 aliphatic heterocycles. The molecule has 1 heterocycles. The molecule has 0 spiro atoms. The van der Waals surface area contributed by atoms with Crippen molar-refractivity contribution in [3.05, 3.63) is 30.1 Å². The summed E-state index contributed by atoms with van der Waals surface area (Å²) in [5.74, 6) is -1.01. The fourth-order valence-electron chi connectivity index (χ4n) is 1.29. The summed E-state index contributed by atoms with van der Waals surface area (Å²) in [5.41, 5.74) is 1.24. The lowest BCUT2D eigenvalue weighted by atomic mass is 10.2. The van der Waals surface area contributed by atoms with Crippen LogP contribution in [0.4, 0.5) is 4.39 Å². The zero-order valence-electron chi connectivity index (χ0n) is 7.14. The number of carboxylic acid groups (broad SMARTS) is 1. The lowest BCUT2D eigenvalue weighted by Crippen LogP contribution is -1.96. The first kappa shape index (κ1) is 8.68. The van der Waals surface area contributed by atoms with Gasteiger partial charge in [-0.1, -0.05) is 0 Å². The average Bonchev–Trinajstić information content (AvgIpc) is 2.59. The van der Waals surface area contributed by atoms with Crippen molar-refractivity contribution in [3.63, 3.8) is 0 Å². The fourth-order valence-corrected chi connectivity index (χ4v) is 1.29. The van der Waals surface area contributed by atoms with E-state index in [0.29, 0.717) is 11.0 Å². The minimum Gasteiger partial charge on any atom is -0.478 e. The van der Waals surface area contributed by atoms with Gasteiger partial charge in [-0.2, -0.15) is 0 Å². The van der Waals surface area contributed by atoms with E-state index < -0.39 is 12.8 Å². The molecule has 0 aliphatic rings. The minimum atomic E-state index is -1.01. The molecule has 0 saturated carbocycles. The van der Waals surface area contributed by atoms with E-state index in [-0.39, 0.29) is 5.56 Å². The van der Waals surface area contributed by atoms with E-state index in [9.17, 15) is 9.18 Å². The van der Waals surface area contributed by atoms with E-state index in [1.165, 1.54) is 23.0 Å². The Morgan fingerprint density at radius 3 is 3.00 bits per heavy atom. The van der Waals surface area contributed by atoms with E-state index in [4.69, 9.17) is 5.11 Å². The first-order chi connectivity index (χ1) is 6.72. The third-order valence-corrected chi connectivity index (χ3v) is 2.00. The number of carbonyl (C=O) groups is 1. The molecule has 0 amide bonds. The second-order valence-electron chi connectivity index (χ2n) is 2.84. The Kier molecular flexibility index (Phi) is 1.92. The predicted octanol–water partition coefficient (Wildman–Crippen LogP) is 1.66. The van der Waals surface area contributed by atoms with Crippen LogP contribution < -0.4 is 0 Å². The molecule has 1 N–H and O–H groups in total. The number of carboxylic acids is 1. The molecular formula is C9H7FN2O2. The molecule has 1 aromatic heterocycles. The number of aromatic nitrogens is 2. The molecule has 1 aromatic carbocycles. The number of nitrogens with zero attached hydrogens (tertiary/aromatic N) is 2. The van der Waals surface area contributed by atoms with E-state index in [1.54, 1.807) is 6.07 Å². The van der Waals surface area contributed by atoms with Crippen LogP contribution in [0.15, 0.2) is 24.5 Å². The van der Waals surface area contributed by atoms with E-state index in [2.05, 4.69) is 4.98 Å². The number of hydrogen-bond acceptors (Lipinski definition) is 2. The SMILES string of the molecule is O=C(O)c1ccc2c(c1)ncn2CF.